The molecular formula is C16H19N3O2S. The maximum Gasteiger partial charge on any atom is 0.255 e. The fraction of sp³-hybridized carbons (Fsp3) is 0.438. The van der Waals surface area contributed by atoms with Crippen LogP contribution in [0.15, 0.2) is 23.2 Å². The molecule has 116 valence electrons. The number of hydrogen-bond acceptors (Lipinski definition) is 4. The van der Waals surface area contributed by atoms with Gasteiger partial charge >= 0.3 is 0 Å². The molecule has 1 aliphatic heterocycles. The van der Waals surface area contributed by atoms with Crippen LogP contribution < -0.4 is 0 Å². The Hall–Kier alpha value is -1.95. The highest BCUT2D eigenvalue weighted by molar-refractivity contribution is 7.08. The predicted molar refractivity (Wildman–Crippen MR) is 85.3 cm³/mol. The normalized spacial score (nSPS) is 17.9. The number of ketones is 1. The Labute approximate surface area is 133 Å². The van der Waals surface area contributed by atoms with E-state index in [1.165, 1.54) is 0 Å². The van der Waals surface area contributed by atoms with Gasteiger partial charge in [0.25, 0.3) is 5.91 Å². The lowest BCUT2D eigenvalue weighted by Gasteiger charge is -2.24. The van der Waals surface area contributed by atoms with Crippen LogP contribution in [0.25, 0.3) is 0 Å². The molecule has 0 saturated carbocycles. The van der Waals surface area contributed by atoms with Crippen molar-refractivity contribution in [3.63, 3.8) is 0 Å². The molecule has 1 aliphatic rings. The van der Waals surface area contributed by atoms with Crippen molar-refractivity contribution in [3.05, 3.63) is 39.8 Å². The summed E-state index contributed by atoms with van der Waals surface area (Å²) in [6.45, 7) is 2.69. The van der Waals surface area contributed by atoms with Gasteiger partial charge in [0.1, 0.15) is 0 Å². The SMILES string of the molecule is Cc1cscc1C(=O)N1CCC[C@H]1CC(=O)c1cnn(C)c1. The average molecular weight is 317 g/mol. The van der Waals surface area contributed by atoms with Crippen LogP contribution in [-0.2, 0) is 7.05 Å². The molecule has 0 aromatic carbocycles. The van der Waals surface area contributed by atoms with Crippen molar-refractivity contribution < 1.29 is 9.59 Å². The van der Waals surface area contributed by atoms with Gasteiger partial charge in [0.05, 0.1) is 17.3 Å². The van der Waals surface area contributed by atoms with E-state index in [9.17, 15) is 9.59 Å². The summed E-state index contributed by atoms with van der Waals surface area (Å²) in [6.07, 6.45) is 5.54. The molecule has 0 bridgehead atoms. The molecule has 0 aliphatic carbocycles. The van der Waals surface area contributed by atoms with Gasteiger partial charge < -0.3 is 4.90 Å². The number of hydrogen-bond donors (Lipinski definition) is 0. The smallest absolute Gasteiger partial charge is 0.255 e. The minimum Gasteiger partial charge on any atom is -0.335 e. The minimum absolute atomic E-state index is 0.000457. The highest BCUT2D eigenvalue weighted by atomic mass is 32.1. The van der Waals surface area contributed by atoms with Crippen LogP contribution in [0, 0.1) is 6.92 Å². The molecule has 3 rings (SSSR count). The summed E-state index contributed by atoms with van der Waals surface area (Å²) in [5, 5.41) is 7.92. The Bertz CT molecular complexity index is 704. The molecule has 6 heteroatoms. The zero-order valence-corrected chi connectivity index (χ0v) is 13.6. The number of carbonyl (C=O) groups is 2. The first-order valence-electron chi connectivity index (χ1n) is 7.42. The first kappa shape index (κ1) is 15.0. The van der Waals surface area contributed by atoms with Gasteiger partial charge in [0.15, 0.2) is 5.78 Å². The summed E-state index contributed by atoms with van der Waals surface area (Å²) in [5.41, 5.74) is 2.40. The summed E-state index contributed by atoms with van der Waals surface area (Å²) < 4.78 is 1.62. The average Bonchev–Trinajstić information content (AvgIpc) is 3.19. The van der Waals surface area contributed by atoms with Gasteiger partial charge in [-0.2, -0.15) is 16.4 Å². The zero-order valence-electron chi connectivity index (χ0n) is 12.8. The number of aromatic nitrogens is 2. The van der Waals surface area contributed by atoms with Crippen LogP contribution in [0.5, 0.6) is 0 Å². The summed E-state index contributed by atoms with van der Waals surface area (Å²) >= 11 is 1.54. The van der Waals surface area contributed by atoms with Crippen molar-refractivity contribution in [2.75, 3.05) is 6.54 Å². The Morgan fingerprint density at radius 2 is 2.23 bits per heavy atom. The third-order valence-corrected chi connectivity index (χ3v) is 5.03. The molecule has 0 radical (unpaired) electrons. The Morgan fingerprint density at radius 1 is 1.41 bits per heavy atom. The number of thiophene rings is 1. The lowest BCUT2D eigenvalue weighted by molar-refractivity contribution is 0.0717. The van der Waals surface area contributed by atoms with Gasteiger partial charge in [0, 0.05) is 37.6 Å². The second-order valence-electron chi connectivity index (χ2n) is 5.79. The van der Waals surface area contributed by atoms with Crippen molar-refractivity contribution >= 4 is 23.0 Å². The molecule has 2 aromatic rings. The third kappa shape index (κ3) is 2.83. The van der Waals surface area contributed by atoms with Crippen molar-refractivity contribution in [3.8, 4) is 0 Å². The van der Waals surface area contributed by atoms with Gasteiger partial charge in [-0.1, -0.05) is 0 Å². The summed E-state index contributed by atoms with van der Waals surface area (Å²) in [7, 11) is 1.79. The first-order valence-corrected chi connectivity index (χ1v) is 8.36. The van der Waals surface area contributed by atoms with Crippen LogP contribution in [0.1, 0.15) is 45.5 Å². The first-order chi connectivity index (χ1) is 10.6. The Morgan fingerprint density at radius 3 is 2.86 bits per heavy atom. The molecule has 2 aromatic heterocycles. The van der Waals surface area contributed by atoms with Crippen LogP contribution in [0.4, 0.5) is 0 Å². The predicted octanol–water partition coefficient (Wildman–Crippen LogP) is 2.67. The molecule has 0 N–H and O–H groups in total. The molecule has 1 amide bonds. The maximum absolute atomic E-state index is 12.7. The molecule has 1 saturated heterocycles. The van der Waals surface area contributed by atoms with Crippen LogP contribution in [0.2, 0.25) is 0 Å². The third-order valence-electron chi connectivity index (χ3n) is 4.17. The van der Waals surface area contributed by atoms with Gasteiger partial charge in [-0.3, -0.25) is 14.3 Å². The highest BCUT2D eigenvalue weighted by Crippen LogP contribution is 2.26. The second-order valence-corrected chi connectivity index (χ2v) is 6.54. The number of rotatable bonds is 4. The van der Waals surface area contributed by atoms with E-state index < -0.39 is 0 Å². The van der Waals surface area contributed by atoms with Crippen LogP contribution in [-0.4, -0.2) is 39.0 Å². The van der Waals surface area contributed by atoms with Crippen molar-refractivity contribution in [1.82, 2.24) is 14.7 Å². The van der Waals surface area contributed by atoms with Gasteiger partial charge in [-0.25, -0.2) is 0 Å². The lowest BCUT2D eigenvalue weighted by atomic mass is 10.0. The molecular weight excluding hydrogens is 298 g/mol. The summed E-state index contributed by atoms with van der Waals surface area (Å²) in [6, 6.07) is -0.000457. The number of carbonyl (C=O) groups excluding carboxylic acids is 2. The van der Waals surface area contributed by atoms with Crippen LogP contribution >= 0.6 is 11.3 Å². The maximum atomic E-state index is 12.7. The molecule has 1 atom stereocenters. The fourth-order valence-electron chi connectivity index (χ4n) is 2.95. The van der Waals surface area contributed by atoms with Gasteiger partial charge in [0.2, 0.25) is 0 Å². The van der Waals surface area contributed by atoms with E-state index in [0.29, 0.717) is 12.0 Å². The molecule has 3 heterocycles. The largest absolute Gasteiger partial charge is 0.335 e. The lowest BCUT2D eigenvalue weighted by Crippen LogP contribution is -2.37. The Kier molecular flexibility index (Phi) is 4.11. The number of amides is 1. The van der Waals surface area contributed by atoms with Crippen molar-refractivity contribution in [1.29, 1.82) is 0 Å². The Balaban J connectivity index is 1.72. The van der Waals surface area contributed by atoms with E-state index in [1.54, 1.807) is 35.5 Å². The van der Waals surface area contributed by atoms with Crippen molar-refractivity contribution in [2.45, 2.75) is 32.2 Å². The number of Topliss-reactive ketones (excluding diaryl/α,β-unsaturated/α-hetero) is 1. The minimum atomic E-state index is -0.000457. The van der Waals surface area contributed by atoms with E-state index in [0.717, 1.165) is 30.5 Å². The molecule has 5 nitrogen and oxygen atoms in total. The van der Waals surface area contributed by atoms with E-state index >= 15 is 0 Å². The standard InChI is InChI=1S/C16H19N3O2S/c1-11-9-22-10-14(11)16(21)19-5-3-4-13(19)6-15(20)12-7-17-18(2)8-12/h7-10,13H,3-6H2,1-2H3/t13-/m0/s1. The second kappa shape index (κ2) is 6.04. The summed E-state index contributed by atoms with van der Waals surface area (Å²) in [4.78, 5) is 26.9. The van der Waals surface area contributed by atoms with Crippen LogP contribution in [0.3, 0.4) is 0 Å². The monoisotopic (exact) mass is 317 g/mol. The highest BCUT2D eigenvalue weighted by Gasteiger charge is 2.32. The number of likely N-dealkylation sites (tertiary alicyclic amines) is 1. The molecule has 1 fully saturated rings. The van der Waals surface area contributed by atoms with E-state index in [2.05, 4.69) is 5.10 Å². The van der Waals surface area contributed by atoms with E-state index in [4.69, 9.17) is 0 Å². The number of nitrogens with zero attached hydrogens (tertiary/aromatic N) is 3. The quantitative estimate of drug-likeness (QED) is 0.815. The molecule has 0 unspecified atom stereocenters. The fourth-order valence-corrected chi connectivity index (χ4v) is 3.77. The summed E-state index contributed by atoms with van der Waals surface area (Å²) in [5.74, 6) is 0.111. The van der Waals surface area contributed by atoms with E-state index in [-0.39, 0.29) is 17.7 Å². The van der Waals surface area contributed by atoms with Gasteiger partial charge in [-0.15, -0.1) is 0 Å². The van der Waals surface area contributed by atoms with Crippen molar-refractivity contribution in [2.24, 2.45) is 7.05 Å². The topological polar surface area (TPSA) is 55.2 Å². The molecule has 0 spiro atoms. The molecule has 22 heavy (non-hydrogen) atoms. The zero-order chi connectivity index (χ0) is 15.7. The van der Waals surface area contributed by atoms with E-state index in [1.807, 2.05) is 22.6 Å². The number of aryl methyl sites for hydroxylation is 2. The van der Waals surface area contributed by atoms with Gasteiger partial charge in [-0.05, 0) is 30.7 Å².